The van der Waals surface area contributed by atoms with Crippen molar-refractivity contribution in [3.05, 3.63) is 46.7 Å². The van der Waals surface area contributed by atoms with E-state index in [2.05, 4.69) is 19.7 Å². The van der Waals surface area contributed by atoms with E-state index in [9.17, 15) is 4.79 Å². The lowest BCUT2D eigenvalue weighted by Crippen LogP contribution is -2.06. The summed E-state index contributed by atoms with van der Waals surface area (Å²) in [5.41, 5.74) is 7.33. The maximum Gasteiger partial charge on any atom is 0.316 e. The zero-order valence-corrected chi connectivity index (χ0v) is 14.0. The number of esters is 1. The van der Waals surface area contributed by atoms with Gasteiger partial charge in [0.15, 0.2) is 11.0 Å². The molecule has 0 aliphatic carbocycles. The quantitative estimate of drug-likeness (QED) is 0.489. The summed E-state index contributed by atoms with van der Waals surface area (Å²) >= 11 is 7.18. The van der Waals surface area contributed by atoms with E-state index >= 15 is 0 Å². The highest BCUT2D eigenvalue weighted by molar-refractivity contribution is 8.00. The molecule has 0 unspecified atom stereocenters. The van der Waals surface area contributed by atoms with Gasteiger partial charge in [0, 0.05) is 0 Å². The fraction of sp³-hybridized carbons (Fsp3) is 0.200. The molecule has 2 aromatic rings. The van der Waals surface area contributed by atoms with Gasteiger partial charge in [-0.25, -0.2) is 9.97 Å². The lowest BCUT2D eigenvalue weighted by molar-refractivity contribution is -0.137. The van der Waals surface area contributed by atoms with Gasteiger partial charge in [-0.1, -0.05) is 53.7 Å². The van der Waals surface area contributed by atoms with E-state index in [-0.39, 0.29) is 22.7 Å². The lowest BCUT2D eigenvalue weighted by atomic mass is 10.2. The van der Waals surface area contributed by atoms with Crippen molar-refractivity contribution in [1.29, 1.82) is 0 Å². The van der Waals surface area contributed by atoms with Gasteiger partial charge in [0.2, 0.25) is 0 Å². The van der Waals surface area contributed by atoms with Gasteiger partial charge in [0.05, 0.1) is 25.6 Å². The van der Waals surface area contributed by atoms with Crippen molar-refractivity contribution < 1.29 is 9.53 Å². The van der Waals surface area contributed by atoms with Gasteiger partial charge < -0.3 is 10.5 Å². The molecule has 1 heterocycles. The molecule has 0 fully saturated rings. The van der Waals surface area contributed by atoms with Crippen molar-refractivity contribution in [2.45, 2.75) is 11.6 Å². The number of carbonyl (C=O) groups is 1. The minimum absolute atomic E-state index is 0.0891. The number of ether oxygens (including phenoxy) is 1. The second kappa shape index (κ2) is 8.50. The molecule has 1 aromatic heterocycles. The van der Waals surface area contributed by atoms with E-state index in [0.29, 0.717) is 17.3 Å². The molecule has 0 saturated carbocycles. The molecule has 8 heteroatoms. The highest BCUT2D eigenvalue weighted by atomic mass is 35.5. The molecular weight excluding hydrogens is 336 g/mol. The number of benzene rings is 1. The van der Waals surface area contributed by atoms with E-state index in [1.165, 1.54) is 13.3 Å². The minimum Gasteiger partial charge on any atom is -0.468 e. The molecule has 0 aliphatic heterocycles. The summed E-state index contributed by atoms with van der Waals surface area (Å²) in [6.07, 6.45) is 1.54. The average molecular weight is 351 g/mol. The molecule has 23 heavy (non-hydrogen) atoms. The maximum atomic E-state index is 11.1. The van der Waals surface area contributed by atoms with Crippen LogP contribution in [0.2, 0.25) is 5.15 Å². The highest BCUT2D eigenvalue weighted by Gasteiger charge is 2.12. The Labute approximate surface area is 143 Å². The standard InChI is InChI=1S/C15H15ClN4O2S/c1-22-12(21)9-23-15-13(16)19-11(14(17)20-15)8-18-7-10-5-3-2-4-6-10/h2-6,8H,7,9H2,1H3,(H2,17,20). The number of hydrogen-bond donors (Lipinski definition) is 1. The largest absolute Gasteiger partial charge is 0.468 e. The molecule has 0 atom stereocenters. The van der Waals surface area contributed by atoms with Crippen LogP contribution in [0.25, 0.3) is 0 Å². The minimum atomic E-state index is -0.375. The molecule has 2 N–H and O–H groups in total. The Bertz CT molecular complexity index is 710. The second-order valence-electron chi connectivity index (χ2n) is 4.41. The summed E-state index contributed by atoms with van der Waals surface area (Å²) in [6, 6.07) is 9.80. The fourth-order valence-corrected chi connectivity index (χ4v) is 2.61. The number of halogens is 1. The number of nitrogens with zero attached hydrogens (tertiary/aromatic N) is 3. The number of carbonyl (C=O) groups excluding carboxylic acids is 1. The van der Waals surface area contributed by atoms with Crippen molar-refractivity contribution in [3.8, 4) is 0 Å². The smallest absolute Gasteiger partial charge is 0.316 e. The van der Waals surface area contributed by atoms with Crippen molar-refractivity contribution in [1.82, 2.24) is 9.97 Å². The number of aliphatic imine (C=N–C) groups is 1. The Kier molecular flexibility index (Phi) is 6.37. The molecule has 0 spiro atoms. The molecule has 0 amide bonds. The van der Waals surface area contributed by atoms with Gasteiger partial charge in [-0.2, -0.15) is 0 Å². The van der Waals surface area contributed by atoms with Gasteiger partial charge in [0.1, 0.15) is 10.7 Å². The molecule has 2 rings (SSSR count). The number of anilines is 1. The summed E-state index contributed by atoms with van der Waals surface area (Å²) in [7, 11) is 1.32. The van der Waals surface area contributed by atoms with Crippen LogP contribution in [0.15, 0.2) is 40.4 Å². The third-order valence-electron chi connectivity index (χ3n) is 2.76. The Morgan fingerprint density at radius 1 is 1.39 bits per heavy atom. The zero-order chi connectivity index (χ0) is 16.7. The first-order chi connectivity index (χ1) is 11.1. The highest BCUT2D eigenvalue weighted by Crippen LogP contribution is 2.25. The van der Waals surface area contributed by atoms with Crippen LogP contribution in [0, 0.1) is 0 Å². The maximum absolute atomic E-state index is 11.1. The van der Waals surface area contributed by atoms with Crippen LogP contribution in [0.1, 0.15) is 11.3 Å². The van der Waals surface area contributed by atoms with Crippen molar-refractivity contribution in [2.75, 3.05) is 18.6 Å². The first kappa shape index (κ1) is 17.2. The van der Waals surface area contributed by atoms with Crippen LogP contribution >= 0.6 is 23.4 Å². The summed E-state index contributed by atoms with van der Waals surface area (Å²) in [5, 5.41) is 0.559. The normalized spacial score (nSPS) is 10.9. The van der Waals surface area contributed by atoms with Gasteiger partial charge in [-0.15, -0.1) is 0 Å². The molecule has 1 aromatic carbocycles. The van der Waals surface area contributed by atoms with Crippen molar-refractivity contribution >= 4 is 41.4 Å². The van der Waals surface area contributed by atoms with Crippen LogP contribution in [0.3, 0.4) is 0 Å². The summed E-state index contributed by atoms with van der Waals surface area (Å²) in [4.78, 5) is 23.7. The number of aromatic nitrogens is 2. The second-order valence-corrected chi connectivity index (χ2v) is 5.73. The Hall–Kier alpha value is -2.12. The molecule has 6 nitrogen and oxygen atoms in total. The van der Waals surface area contributed by atoms with Gasteiger partial charge in [-0.3, -0.25) is 9.79 Å². The zero-order valence-electron chi connectivity index (χ0n) is 12.4. The summed E-state index contributed by atoms with van der Waals surface area (Å²) in [5.74, 6) is -0.0790. The van der Waals surface area contributed by atoms with Gasteiger partial charge >= 0.3 is 5.97 Å². The van der Waals surface area contributed by atoms with Gasteiger partial charge in [0.25, 0.3) is 0 Å². The third-order valence-corrected chi connectivity index (χ3v) is 4.08. The van der Waals surface area contributed by atoms with Crippen LogP contribution in [-0.4, -0.2) is 35.0 Å². The number of rotatable bonds is 6. The Balaban J connectivity index is 2.05. The number of methoxy groups -OCH3 is 1. The van der Waals surface area contributed by atoms with Crippen LogP contribution < -0.4 is 5.73 Å². The Morgan fingerprint density at radius 3 is 2.83 bits per heavy atom. The average Bonchev–Trinajstić information content (AvgIpc) is 2.57. The molecule has 0 saturated heterocycles. The molecule has 0 radical (unpaired) electrons. The van der Waals surface area contributed by atoms with Crippen molar-refractivity contribution in [3.63, 3.8) is 0 Å². The number of nitrogen functional groups attached to an aromatic ring is 1. The van der Waals surface area contributed by atoms with E-state index < -0.39 is 0 Å². The number of hydrogen-bond acceptors (Lipinski definition) is 7. The SMILES string of the molecule is COC(=O)CSc1nc(N)c(C=NCc2ccccc2)nc1Cl. The van der Waals surface area contributed by atoms with Gasteiger partial charge in [-0.05, 0) is 5.56 Å². The van der Waals surface area contributed by atoms with Crippen LogP contribution in [-0.2, 0) is 16.1 Å². The van der Waals surface area contributed by atoms with E-state index in [1.54, 1.807) is 0 Å². The molecular formula is C15H15ClN4O2S. The lowest BCUT2D eigenvalue weighted by Gasteiger charge is -2.05. The number of nitrogens with two attached hydrogens (primary N) is 1. The first-order valence-electron chi connectivity index (χ1n) is 6.66. The summed E-state index contributed by atoms with van der Waals surface area (Å²) < 4.78 is 4.56. The van der Waals surface area contributed by atoms with E-state index in [4.69, 9.17) is 17.3 Å². The van der Waals surface area contributed by atoms with E-state index in [1.807, 2.05) is 30.3 Å². The Morgan fingerprint density at radius 2 is 2.13 bits per heavy atom. The van der Waals surface area contributed by atoms with Crippen LogP contribution in [0.4, 0.5) is 5.82 Å². The molecule has 0 bridgehead atoms. The van der Waals surface area contributed by atoms with Crippen LogP contribution in [0.5, 0.6) is 0 Å². The topological polar surface area (TPSA) is 90.5 Å². The monoisotopic (exact) mass is 350 g/mol. The molecule has 0 aliphatic rings. The third kappa shape index (κ3) is 5.22. The number of thioether (sulfide) groups is 1. The summed E-state index contributed by atoms with van der Waals surface area (Å²) in [6.45, 7) is 0.512. The predicted octanol–water partition coefficient (Wildman–Crippen LogP) is 2.60. The first-order valence-corrected chi connectivity index (χ1v) is 8.03. The predicted molar refractivity (Wildman–Crippen MR) is 91.9 cm³/mol. The van der Waals surface area contributed by atoms with Crippen molar-refractivity contribution in [2.24, 2.45) is 4.99 Å². The van der Waals surface area contributed by atoms with E-state index in [0.717, 1.165) is 17.3 Å². The fourth-order valence-electron chi connectivity index (χ4n) is 1.62. The molecule has 120 valence electrons.